The minimum absolute atomic E-state index is 0.319. The van der Waals surface area contributed by atoms with Crippen LogP contribution in [0.25, 0.3) is 22.8 Å². The van der Waals surface area contributed by atoms with E-state index in [9.17, 15) is 0 Å². The minimum atomic E-state index is 0.319. The summed E-state index contributed by atoms with van der Waals surface area (Å²) < 4.78 is 11.2. The molecule has 0 radical (unpaired) electrons. The van der Waals surface area contributed by atoms with Crippen molar-refractivity contribution in [3.8, 4) is 28.6 Å². The fourth-order valence-electron chi connectivity index (χ4n) is 2.67. The molecule has 0 spiro atoms. The summed E-state index contributed by atoms with van der Waals surface area (Å²) in [6.45, 7) is 0.319. The second kappa shape index (κ2) is 8.64. The first-order valence-electron chi connectivity index (χ1n) is 8.46. The molecule has 0 bridgehead atoms. The summed E-state index contributed by atoms with van der Waals surface area (Å²) in [5, 5.41) is 6.02. The van der Waals surface area contributed by atoms with Gasteiger partial charge in [-0.1, -0.05) is 63.7 Å². The van der Waals surface area contributed by atoms with Crippen LogP contribution < -0.4 is 4.74 Å². The molecule has 0 saturated carbocycles. The Labute approximate surface area is 186 Å². The predicted octanol–water partition coefficient (Wildman–Crippen LogP) is 7.60. The normalized spacial score (nSPS) is 10.9. The first kappa shape index (κ1) is 20.0. The van der Waals surface area contributed by atoms with E-state index in [-0.39, 0.29) is 0 Å². The molecule has 1 heterocycles. The number of hydrogen-bond acceptors (Lipinski definition) is 4. The lowest BCUT2D eigenvalue weighted by Gasteiger charge is -2.08. The van der Waals surface area contributed by atoms with Gasteiger partial charge in [0.05, 0.1) is 10.0 Å². The van der Waals surface area contributed by atoms with Gasteiger partial charge in [-0.2, -0.15) is 4.98 Å². The number of hydrogen-bond donors (Lipinski definition) is 0. The van der Waals surface area contributed by atoms with E-state index in [1.54, 1.807) is 36.4 Å². The van der Waals surface area contributed by atoms with Crippen LogP contribution in [0.15, 0.2) is 65.2 Å². The molecule has 3 aromatic carbocycles. The maximum Gasteiger partial charge on any atom is 0.258 e. The lowest BCUT2D eigenvalue weighted by molar-refractivity contribution is 0.306. The Balaban J connectivity index is 1.54. The van der Waals surface area contributed by atoms with E-state index in [0.29, 0.717) is 49.7 Å². The SMILES string of the molecule is Clc1ccc(OCc2cccc(-c3nc(-c4ccc(Cl)cc4Cl)no3)c2)c(Cl)c1. The Morgan fingerprint density at radius 1 is 0.828 bits per heavy atom. The van der Waals surface area contributed by atoms with Gasteiger partial charge in [0.25, 0.3) is 5.89 Å². The van der Waals surface area contributed by atoms with Crippen LogP contribution in [0, 0.1) is 0 Å². The van der Waals surface area contributed by atoms with E-state index in [4.69, 9.17) is 55.7 Å². The molecule has 4 aromatic rings. The maximum absolute atomic E-state index is 6.22. The molecule has 0 N–H and O–H groups in total. The maximum atomic E-state index is 6.22. The molecule has 0 aliphatic rings. The van der Waals surface area contributed by atoms with Crippen molar-refractivity contribution in [3.63, 3.8) is 0 Å². The van der Waals surface area contributed by atoms with Gasteiger partial charge in [0.2, 0.25) is 5.82 Å². The Bertz CT molecular complexity index is 1180. The Morgan fingerprint density at radius 3 is 2.34 bits per heavy atom. The van der Waals surface area contributed by atoms with E-state index in [2.05, 4.69) is 10.1 Å². The summed E-state index contributed by atoms with van der Waals surface area (Å²) in [6.07, 6.45) is 0. The molecule has 1 aromatic heterocycles. The van der Waals surface area contributed by atoms with Gasteiger partial charge in [-0.3, -0.25) is 0 Å². The highest BCUT2D eigenvalue weighted by Crippen LogP contribution is 2.31. The highest BCUT2D eigenvalue weighted by atomic mass is 35.5. The van der Waals surface area contributed by atoms with Gasteiger partial charge >= 0.3 is 0 Å². The van der Waals surface area contributed by atoms with Crippen LogP contribution in [0.4, 0.5) is 0 Å². The fraction of sp³-hybridized carbons (Fsp3) is 0.0476. The number of ether oxygens (including phenoxy) is 1. The van der Waals surface area contributed by atoms with Crippen molar-refractivity contribution in [2.24, 2.45) is 0 Å². The summed E-state index contributed by atoms with van der Waals surface area (Å²) in [4.78, 5) is 4.44. The van der Waals surface area contributed by atoms with Crippen LogP contribution in [0.5, 0.6) is 5.75 Å². The highest BCUT2D eigenvalue weighted by molar-refractivity contribution is 6.36. The first-order valence-corrected chi connectivity index (χ1v) is 9.97. The summed E-state index contributed by atoms with van der Waals surface area (Å²) in [5.74, 6) is 1.31. The second-order valence-electron chi connectivity index (χ2n) is 6.11. The number of benzene rings is 3. The summed E-state index contributed by atoms with van der Waals surface area (Å²) in [6, 6.07) is 17.8. The lowest BCUT2D eigenvalue weighted by Crippen LogP contribution is -1.96. The average Bonchev–Trinajstić information content (AvgIpc) is 3.17. The van der Waals surface area contributed by atoms with Crippen molar-refractivity contribution in [2.75, 3.05) is 0 Å². The molecule has 0 unspecified atom stereocenters. The highest BCUT2D eigenvalue weighted by Gasteiger charge is 2.14. The summed E-state index contributed by atoms with van der Waals surface area (Å²) >= 11 is 24.2. The van der Waals surface area contributed by atoms with Crippen LogP contribution in [-0.2, 0) is 6.61 Å². The van der Waals surface area contributed by atoms with Crippen molar-refractivity contribution in [1.82, 2.24) is 10.1 Å². The standard InChI is InChI=1S/C21H12Cl4N2O2/c22-14-4-6-16(17(24)9-14)20-26-21(29-27-20)13-3-1-2-12(8-13)11-28-19-7-5-15(23)10-18(19)25/h1-10H,11H2. The van der Waals surface area contributed by atoms with Crippen molar-refractivity contribution in [1.29, 1.82) is 0 Å². The van der Waals surface area contributed by atoms with Gasteiger partial charge in [-0.25, -0.2) is 0 Å². The van der Waals surface area contributed by atoms with E-state index in [1.165, 1.54) is 0 Å². The third-order valence-corrected chi connectivity index (χ3v) is 5.14. The molecular formula is C21H12Cl4N2O2. The molecule has 8 heteroatoms. The molecule has 146 valence electrons. The zero-order valence-corrected chi connectivity index (χ0v) is 17.7. The topological polar surface area (TPSA) is 48.2 Å². The van der Waals surface area contributed by atoms with Crippen LogP contribution in [0.2, 0.25) is 20.1 Å². The lowest BCUT2D eigenvalue weighted by atomic mass is 10.1. The number of rotatable bonds is 5. The smallest absolute Gasteiger partial charge is 0.258 e. The molecule has 0 amide bonds. The number of nitrogens with zero attached hydrogens (tertiary/aromatic N) is 2. The molecule has 4 nitrogen and oxygen atoms in total. The van der Waals surface area contributed by atoms with Crippen LogP contribution in [-0.4, -0.2) is 10.1 Å². The molecule has 0 aliphatic heterocycles. The summed E-state index contributed by atoms with van der Waals surface area (Å²) in [5.41, 5.74) is 2.32. The zero-order chi connectivity index (χ0) is 20.4. The number of halogens is 4. The second-order valence-corrected chi connectivity index (χ2v) is 7.80. The van der Waals surface area contributed by atoms with Gasteiger partial charge in [0.15, 0.2) is 0 Å². The molecule has 29 heavy (non-hydrogen) atoms. The van der Waals surface area contributed by atoms with Crippen LogP contribution in [0.1, 0.15) is 5.56 Å². The van der Waals surface area contributed by atoms with Crippen LogP contribution >= 0.6 is 46.4 Å². The molecule has 0 aliphatic carbocycles. The van der Waals surface area contributed by atoms with Gasteiger partial charge in [-0.15, -0.1) is 0 Å². The van der Waals surface area contributed by atoms with E-state index in [1.807, 2.05) is 24.3 Å². The Morgan fingerprint density at radius 2 is 1.59 bits per heavy atom. The van der Waals surface area contributed by atoms with Crippen molar-refractivity contribution in [2.45, 2.75) is 6.61 Å². The van der Waals surface area contributed by atoms with E-state index < -0.39 is 0 Å². The third-order valence-electron chi connectivity index (χ3n) is 4.06. The predicted molar refractivity (Wildman–Crippen MR) is 116 cm³/mol. The van der Waals surface area contributed by atoms with E-state index >= 15 is 0 Å². The van der Waals surface area contributed by atoms with Crippen molar-refractivity contribution in [3.05, 3.63) is 86.3 Å². The largest absolute Gasteiger partial charge is 0.487 e. The molecule has 0 fully saturated rings. The molecule has 0 saturated heterocycles. The van der Waals surface area contributed by atoms with Gasteiger partial charge in [0, 0.05) is 21.2 Å². The van der Waals surface area contributed by atoms with Crippen molar-refractivity contribution < 1.29 is 9.26 Å². The number of aromatic nitrogens is 2. The van der Waals surface area contributed by atoms with E-state index in [0.717, 1.165) is 11.1 Å². The third kappa shape index (κ3) is 4.68. The van der Waals surface area contributed by atoms with Gasteiger partial charge < -0.3 is 9.26 Å². The first-order chi connectivity index (χ1) is 14.0. The van der Waals surface area contributed by atoms with Crippen LogP contribution in [0.3, 0.4) is 0 Å². The molecule has 0 atom stereocenters. The quantitative estimate of drug-likeness (QED) is 0.304. The average molecular weight is 466 g/mol. The monoisotopic (exact) mass is 464 g/mol. The van der Waals surface area contributed by atoms with Crippen molar-refractivity contribution >= 4 is 46.4 Å². The molecular weight excluding hydrogens is 454 g/mol. The van der Waals surface area contributed by atoms with Gasteiger partial charge in [-0.05, 0) is 54.1 Å². The zero-order valence-electron chi connectivity index (χ0n) is 14.7. The Kier molecular flexibility index (Phi) is 5.97. The fourth-order valence-corrected chi connectivity index (χ4v) is 3.62. The minimum Gasteiger partial charge on any atom is -0.487 e. The summed E-state index contributed by atoms with van der Waals surface area (Å²) in [7, 11) is 0. The van der Waals surface area contributed by atoms with Gasteiger partial charge in [0.1, 0.15) is 12.4 Å². The Hall–Kier alpha value is -2.24. The molecule has 4 rings (SSSR count).